The fourth-order valence-corrected chi connectivity index (χ4v) is 3.56. The van der Waals surface area contributed by atoms with Crippen molar-refractivity contribution in [3.8, 4) is 5.75 Å². The maximum absolute atomic E-state index is 13.0. The Kier molecular flexibility index (Phi) is 12.2. The highest BCUT2D eigenvalue weighted by atomic mass is 16.6. The van der Waals surface area contributed by atoms with Gasteiger partial charge in [-0.25, -0.2) is 4.79 Å². The predicted molar refractivity (Wildman–Crippen MR) is 145 cm³/mol. The third-order valence-electron chi connectivity index (χ3n) is 5.15. The number of benzene rings is 1. The maximum atomic E-state index is 13.0. The molecule has 1 aromatic rings. The molecule has 0 saturated carbocycles. The van der Waals surface area contributed by atoms with Gasteiger partial charge in [0.15, 0.2) is 0 Å². The number of esters is 1. The molecule has 0 unspecified atom stereocenters. The van der Waals surface area contributed by atoms with Crippen molar-refractivity contribution >= 4 is 23.8 Å². The Morgan fingerprint density at radius 3 is 1.92 bits per heavy atom. The molecule has 3 atom stereocenters. The van der Waals surface area contributed by atoms with E-state index in [1.165, 1.54) is 0 Å². The van der Waals surface area contributed by atoms with Gasteiger partial charge in [-0.1, -0.05) is 26.0 Å². The second-order valence-electron chi connectivity index (χ2n) is 11.9. The van der Waals surface area contributed by atoms with Gasteiger partial charge in [-0.2, -0.15) is 0 Å². The Hall–Kier alpha value is -3.14. The molecule has 5 N–H and O–H groups in total. The van der Waals surface area contributed by atoms with Gasteiger partial charge in [0.05, 0.1) is 6.04 Å². The van der Waals surface area contributed by atoms with Crippen LogP contribution in [0.4, 0.5) is 0 Å². The number of carbonyl (C=O) groups is 4. The summed E-state index contributed by atoms with van der Waals surface area (Å²) in [5.41, 5.74) is 5.92. The number of rotatable bonds is 13. The summed E-state index contributed by atoms with van der Waals surface area (Å²) in [5, 5.41) is 14.7. The van der Waals surface area contributed by atoms with Crippen LogP contribution in [-0.4, -0.2) is 58.2 Å². The minimum atomic E-state index is -1.32. The second-order valence-corrected chi connectivity index (χ2v) is 11.9. The Labute approximate surface area is 226 Å². The molecule has 2 amide bonds. The first kappa shape index (κ1) is 32.9. The van der Waals surface area contributed by atoms with Crippen LogP contribution in [0.2, 0.25) is 0 Å². The van der Waals surface area contributed by atoms with Crippen molar-refractivity contribution in [2.75, 3.05) is 0 Å². The molecule has 10 nitrogen and oxygen atoms in total. The Bertz CT molecular complexity index is 947. The molecule has 10 heteroatoms. The number of amides is 2. The zero-order valence-corrected chi connectivity index (χ0v) is 23.9. The van der Waals surface area contributed by atoms with E-state index in [0.29, 0.717) is 5.75 Å². The summed E-state index contributed by atoms with van der Waals surface area (Å²) in [6, 6.07) is 4.05. The van der Waals surface area contributed by atoms with E-state index in [-0.39, 0.29) is 37.2 Å². The minimum Gasteiger partial charge on any atom is -0.488 e. The van der Waals surface area contributed by atoms with E-state index in [2.05, 4.69) is 10.6 Å². The van der Waals surface area contributed by atoms with Crippen LogP contribution in [0.25, 0.3) is 0 Å². The highest BCUT2D eigenvalue weighted by Crippen LogP contribution is 2.19. The smallest absolute Gasteiger partial charge is 0.326 e. The molecule has 38 heavy (non-hydrogen) atoms. The van der Waals surface area contributed by atoms with Crippen molar-refractivity contribution in [2.24, 2.45) is 11.7 Å². The zero-order valence-electron chi connectivity index (χ0n) is 23.9. The number of hydrogen-bond donors (Lipinski definition) is 4. The minimum absolute atomic E-state index is 0.0303. The quantitative estimate of drug-likeness (QED) is 0.281. The van der Waals surface area contributed by atoms with Crippen LogP contribution in [0, 0.1) is 5.92 Å². The number of carboxylic acid groups (broad SMARTS) is 1. The van der Waals surface area contributed by atoms with Gasteiger partial charge in [0, 0.05) is 6.42 Å². The van der Waals surface area contributed by atoms with Gasteiger partial charge in [-0.15, -0.1) is 0 Å². The lowest BCUT2D eigenvalue weighted by molar-refractivity contribution is -0.155. The molecule has 1 aromatic carbocycles. The van der Waals surface area contributed by atoms with Crippen LogP contribution in [0.15, 0.2) is 24.3 Å². The van der Waals surface area contributed by atoms with Crippen molar-refractivity contribution in [1.29, 1.82) is 0 Å². The molecular formula is C28H45N3O7. The first-order valence-corrected chi connectivity index (χ1v) is 12.9. The average molecular weight is 536 g/mol. The molecule has 0 aliphatic carbocycles. The Morgan fingerprint density at radius 2 is 1.45 bits per heavy atom. The average Bonchev–Trinajstić information content (AvgIpc) is 2.74. The van der Waals surface area contributed by atoms with Crippen molar-refractivity contribution in [3.05, 3.63) is 29.8 Å². The normalized spacial score (nSPS) is 14.3. The second kappa shape index (κ2) is 14.1. The summed E-state index contributed by atoms with van der Waals surface area (Å²) in [6.07, 6.45) is 0.194. The van der Waals surface area contributed by atoms with E-state index in [4.69, 9.17) is 15.2 Å². The van der Waals surface area contributed by atoms with Crippen LogP contribution in [-0.2, 0) is 30.3 Å². The van der Waals surface area contributed by atoms with E-state index >= 15 is 0 Å². The highest BCUT2D eigenvalue weighted by molar-refractivity contribution is 5.92. The topological polar surface area (TPSA) is 157 Å². The maximum Gasteiger partial charge on any atom is 0.326 e. The number of nitrogens with one attached hydrogen (secondary N) is 2. The fraction of sp³-hybridized carbons (Fsp3) is 0.643. The molecule has 0 aliphatic rings. The summed E-state index contributed by atoms with van der Waals surface area (Å²) in [4.78, 5) is 49.5. The van der Waals surface area contributed by atoms with Crippen LogP contribution >= 0.6 is 0 Å². The highest BCUT2D eigenvalue weighted by Gasteiger charge is 2.29. The van der Waals surface area contributed by atoms with E-state index in [9.17, 15) is 24.3 Å². The van der Waals surface area contributed by atoms with Gasteiger partial charge in [-0.05, 0) is 84.4 Å². The monoisotopic (exact) mass is 535 g/mol. The molecule has 0 fully saturated rings. The summed E-state index contributed by atoms with van der Waals surface area (Å²) in [7, 11) is 0. The van der Waals surface area contributed by atoms with E-state index in [1.807, 2.05) is 58.9 Å². The van der Waals surface area contributed by atoms with E-state index in [1.54, 1.807) is 20.8 Å². The molecule has 0 aliphatic heterocycles. The number of hydrogen-bond acceptors (Lipinski definition) is 7. The van der Waals surface area contributed by atoms with Gasteiger partial charge < -0.3 is 30.9 Å². The molecule has 214 valence electrons. The largest absolute Gasteiger partial charge is 0.488 e. The lowest BCUT2D eigenvalue weighted by Crippen LogP contribution is -2.55. The van der Waals surface area contributed by atoms with Crippen molar-refractivity contribution in [3.63, 3.8) is 0 Å². The molecule has 0 bridgehead atoms. The Balaban J connectivity index is 2.81. The van der Waals surface area contributed by atoms with Crippen LogP contribution in [0.1, 0.15) is 80.2 Å². The van der Waals surface area contributed by atoms with Gasteiger partial charge in [0.25, 0.3) is 0 Å². The van der Waals surface area contributed by atoms with Crippen molar-refractivity contribution in [2.45, 2.75) is 110 Å². The summed E-state index contributed by atoms with van der Waals surface area (Å²) in [5.74, 6) is -2.29. The summed E-state index contributed by atoms with van der Waals surface area (Å²) in [6.45, 7) is 14.7. The number of aliphatic carboxylic acids is 1. The first-order chi connectivity index (χ1) is 17.4. The number of carbonyl (C=O) groups excluding carboxylic acids is 3. The molecule has 1 rings (SSSR count). The fourth-order valence-electron chi connectivity index (χ4n) is 3.56. The predicted octanol–water partition coefficient (Wildman–Crippen LogP) is 2.96. The number of nitrogens with two attached hydrogens (primary N) is 1. The summed E-state index contributed by atoms with van der Waals surface area (Å²) >= 11 is 0. The SMILES string of the molecule is CC(C)C[C@H](NC(=O)[C@@H](N)Cc1ccc(OC(C)(C)C)cc1)C(=O)N[C@@H](CCC(=O)OC(C)(C)C)C(=O)O. The van der Waals surface area contributed by atoms with Crippen molar-refractivity contribution < 1.29 is 33.8 Å². The zero-order chi connectivity index (χ0) is 29.3. The molecule has 0 radical (unpaired) electrons. The van der Waals surface area contributed by atoms with Gasteiger partial charge in [0.1, 0.15) is 29.0 Å². The van der Waals surface area contributed by atoms with Crippen molar-refractivity contribution in [1.82, 2.24) is 10.6 Å². The van der Waals surface area contributed by atoms with E-state index < -0.39 is 47.5 Å². The first-order valence-electron chi connectivity index (χ1n) is 12.9. The lowest BCUT2D eigenvalue weighted by atomic mass is 10.0. The van der Waals surface area contributed by atoms with Gasteiger partial charge in [-0.3, -0.25) is 14.4 Å². The molecular weight excluding hydrogens is 490 g/mol. The molecule has 0 aromatic heterocycles. The van der Waals surface area contributed by atoms with Gasteiger partial charge >= 0.3 is 11.9 Å². The number of ether oxygens (including phenoxy) is 2. The number of carboxylic acids is 1. The molecule has 0 saturated heterocycles. The lowest BCUT2D eigenvalue weighted by Gasteiger charge is -2.24. The standard InChI is InChI=1S/C28H45N3O7/c1-17(2)15-22(25(34)30-21(26(35)36)13-14-23(32)38-28(6,7)8)31-24(33)20(29)16-18-9-11-19(12-10-18)37-27(3,4)5/h9-12,17,20-22H,13-16,29H2,1-8H3,(H,30,34)(H,31,33)(H,35,36)/t20-,21-,22-/m0/s1. The molecule has 0 heterocycles. The van der Waals surface area contributed by atoms with Crippen LogP contribution in [0.5, 0.6) is 5.75 Å². The van der Waals surface area contributed by atoms with Crippen LogP contribution in [0.3, 0.4) is 0 Å². The van der Waals surface area contributed by atoms with Crippen LogP contribution < -0.4 is 21.1 Å². The van der Waals surface area contributed by atoms with Gasteiger partial charge in [0.2, 0.25) is 11.8 Å². The third-order valence-corrected chi connectivity index (χ3v) is 5.15. The third kappa shape index (κ3) is 13.4. The molecule has 0 spiro atoms. The van der Waals surface area contributed by atoms with E-state index in [0.717, 1.165) is 5.56 Å². The summed E-state index contributed by atoms with van der Waals surface area (Å²) < 4.78 is 11.0. The Morgan fingerprint density at radius 1 is 0.895 bits per heavy atom.